The van der Waals surface area contributed by atoms with Crippen molar-refractivity contribution < 1.29 is 4.74 Å². The smallest absolute Gasteiger partial charge is 0.188 e. The first-order valence-electron chi connectivity index (χ1n) is 6.25. The van der Waals surface area contributed by atoms with E-state index in [4.69, 9.17) is 10.5 Å². The van der Waals surface area contributed by atoms with Gasteiger partial charge in [0.2, 0.25) is 0 Å². The molecule has 1 aliphatic heterocycles. The standard InChI is InChI=1S/C12H19N5O.HI/c13-12(17-9-11-2-1-7-18-11)16-4-3-10-8-14-5-6-15-10;/h5-6,8,11H,1-4,7,9H2,(H3,13,16,17);1H. The highest BCUT2D eigenvalue weighted by atomic mass is 127. The van der Waals surface area contributed by atoms with Crippen molar-refractivity contribution >= 4 is 29.9 Å². The maximum absolute atomic E-state index is 5.76. The molecule has 1 unspecified atom stereocenters. The summed E-state index contributed by atoms with van der Waals surface area (Å²) in [6.45, 7) is 2.20. The van der Waals surface area contributed by atoms with Crippen LogP contribution < -0.4 is 11.1 Å². The van der Waals surface area contributed by atoms with Crippen molar-refractivity contribution in [3.63, 3.8) is 0 Å². The first-order chi connectivity index (χ1) is 8.84. The van der Waals surface area contributed by atoms with Gasteiger partial charge in [-0.25, -0.2) is 0 Å². The first-order valence-corrected chi connectivity index (χ1v) is 6.25. The van der Waals surface area contributed by atoms with Crippen molar-refractivity contribution in [2.75, 3.05) is 19.7 Å². The molecule has 0 radical (unpaired) electrons. The second-order valence-electron chi connectivity index (χ2n) is 4.23. The van der Waals surface area contributed by atoms with E-state index in [1.807, 2.05) is 0 Å². The maximum Gasteiger partial charge on any atom is 0.188 e. The summed E-state index contributed by atoms with van der Waals surface area (Å²) in [7, 11) is 0. The molecule has 0 aliphatic carbocycles. The third-order valence-corrected chi connectivity index (χ3v) is 2.79. The number of halogens is 1. The van der Waals surface area contributed by atoms with Gasteiger partial charge in [0.05, 0.1) is 18.3 Å². The molecule has 106 valence electrons. The molecule has 1 aromatic heterocycles. The lowest BCUT2D eigenvalue weighted by atomic mass is 10.2. The molecule has 2 heterocycles. The quantitative estimate of drug-likeness (QED) is 0.449. The Kier molecular flexibility index (Phi) is 7.65. The van der Waals surface area contributed by atoms with Crippen LogP contribution >= 0.6 is 24.0 Å². The number of hydrogen-bond acceptors (Lipinski definition) is 4. The SMILES string of the molecule is I.NC(=NCC1CCCO1)NCCc1cnccn1. The molecule has 1 saturated heterocycles. The fourth-order valence-corrected chi connectivity index (χ4v) is 1.82. The summed E-state index contributed by atoms with van der Waals surface area (Å²) < 4.78 is 5.47. The Morgan fingerprint density at radius 3 is 3.11 bits per heavy atom. The Morgan fingerprint density at radius 2 is 2.42 bits per heavy atom. The number of aliphatic imine (C=N–C) groups is 1. The summed E-state index contributed by atoms with van der Waals surface area (Å²) in [4.78, 5) is 12.4. The number of guanidine groups is 1. The van der Waals surface area contributed by atoms with Gasteiger partial charge in [0.15, 0.2) is 5.96 Å². The third-order valence-electron chi connectivity index (χ3n) is 2.79. The molecular weight excluding hydrogens is 357 g/mol. The van der Waals surface area contributed by atoms with Crippen LogP contribution in [-0.4, -0.2) is 41.7 Å². The fraction of sp³-hybridized carbons (Fsp3) is 0.583. The van der Waals surface area contributed by atoms with Crippen molar-refractivity contribution in [3.05, 3.63) is 24.3 Å². The highest BCUT2D eigenvalue weighted by Gasteiger charge is 2.14. The summed E-state index contributed by atoms with van der Waals surface area (Å²) in [5, 5.41) is 3.06. The number of nitrogens with one attached hydrogen (secondary N) is 1. The molecule has 0 amide bonds. The zero-order valence-electron chi connectivity index (χ0n) is 10.8. The Hall–Kier alpha value is -0.960. The van der Waals surface area contributed by atoms with E-state index in [1.165, 1.54) is 0 Å². The molecule has 1 aromatic rings. The van der Waals surface area contributed by atoms with Crippen LogP contribution in [0.1, 0.15) is 18.5 Å². The number of ether oxygens (including phenoxy) is 1. The summed E-state index contributed by atoms with van der Waals surface area (Å²) in [5.74, 6) is 0.467. The summed E-state index contributed by atoms with van der Waals surface area (Å²) in [6.07, 6.45) is 8.32. The average Bonchev–Trinajstić information content (AvgIpc) is 2.91. The second-order valence-corrected chi connectivity index (χ2v) is 4.23. The number of aromatic nitrogens is 2. The minimum Gasteiger partial charge on any atom is -0.376 e. The Morgan fingerprint density at radius 1 is 1.53 bits per heavy atom. The molecule has 0 saturated carbocycles. The molecule has 7 heteroatoms. The fourth-order valence-electron chi connectivity index (χ4n) is 1.82. The van der Waals surface area contributed by atoms with Gasteiger partial charge >= 0.3 is 0 Å². The lowest BCUT2D eigenvalue weighted by Gasteiger charge is -2.08. The van der Waals surface area contributed by atoms with E-state index in [0.717, 1.165) is 31.6 Å². The van der Waals surface area contributed by atoms with Crippen molar-refractivity contribution in [2.45, 2.75) is 25.4 Å². The lowest BCUT2D eigenvalue weighted by molar-refractivity contribution is 0.118. The molecule has 2 rings (SSSR count). The number of nitrogens with two attached hydrogens (primary N) is 1. The second kappa shape index (κ2) is 9.03. The summed E-state index contributed by atoms with van der Waals surface area (Å²) >= 11 is 0. The van der Waals surface area contributed by atoms with Crippen LogP contribution in [0.4, 0.5) is 0 Å². The molecule has 0 aromatic carbocycles. The van der Waals surface area contributed by atoms with Crippen LogP contribution in [0.3, 0.4) is 0 Å². The molecule has 3 N–H and O–H groups in total. The van der Waals surface area contributed by atoms with Gasteiger partial charge in [-0.15, -0.1) is 24.0 Å². The molecule has 0 spiro atoms. The predicted molar refractivity (Wildman–Crippen MR) is 84.6 cm³/mol. The van der Waals surface area contributed by atoms with Crippen LogP contribution in [0.5, 0.6) is 0 Å². The van der Waals surface area contributed by atoms with Crippen molar-refractivity contribution in [1.82, 2.24) is 15.3 Å². The van der Waals surface area contributed by atoms with E-state index in [9.17, 15) is 0 Å². The molecule has 1 fully saturated rings. The minimum absolute atomic E-state index is 0. The van der Waals surface area contributed by atoms with Crippen LogP contribution in [0.25, 0.3) is 0 Å². The first kappa shape index (κ1) is 16.1. The normalized spacial score (nSPS) is 18.9. The average molecular weight is 377 g/mol. The van der Waals surface area contributed by atoms with Gasteiger partial charge < -0.3 is 15.8 Å². The predicted octanol–water partition coefficient (Wildman–Crippen LogP) is 0.720. The highest BCUT2D eigenvalue weighted by molar-refractivity contribution is 14.0. The maximum atomic E-state index is 5.76. The van der Waals surface area contributed by atoms with Crippen molar-refractivity contribution in [1.29, 1.82) is 0 Å². The van der Waals surface area contributed by atoms with E-state index in [1.54, 1.807) is 18.6 Å². The molecule has 1 aliphatic rings. The zero-order valence-corrected chi connectivity index (χ0v) is 13.1. The molecular formula is C12H20IN5O. The van der Waals surface area contributed by atoms with E-state index < -0.39 is 0 Å². The molecule has 1 atom stereocenters. The van der Waals surface area contributed by atoms with Crippen LogP contribution in [0, 0.1) is 0 Å². The monoisotopic (exact) mass is 377 g/mol. The van der Waals surface area contributed by atoms with Gasteiger partial charge in [-0.3, -0.25) is 15.0 Å². The van der Waals surface area contributed by atoms with Gasteiger partial charge in [0.25, 0.3) is 0 Å². The summed E-state index contributed by atoms with van der Waals surface area (Å²) in [6, 6.07) is 0. The van der Waals surface area contributed by atoms with Crippen molar-refractivity contribution in [3.8, 4) is 0 Å². The number of nitrogens with zero attached hydrogens (tertiary/aromatic N) is 3. The van der Waals surface area contributed by atoms with Crippen LogP contribution in [-0.2, 0) is 11.2 Å². The Labute approximate surface area is 130 Å². The lowest BCUT2D eigenvalue weighted by Crippen LogP contribution is -2.34. The molecule has 0 bridgehead atoms. The van der Waals surface area contributed by atoms with Gasteiger partial charge in [0, 0.05) is 38.2 Å². The van der Waals surface area contributed by atoms with Crippen molar-refractivity contribution in [2.24, 2.45) is 10.7 Å². The topological polar surface area (TPSA) is 85.4 Å². The van der Waals surface area contributed by atoms with Gasteiger partial charge in [0.1, 0.15) is 0 Å². The Bertz CT molecular complexity index is 381. The van der Waals surface area contributed by atoms with Gasteiger partial charge in [-0.05, 0) is 12.8 Å². The van der Waals surface area contributed by atoms with E-state index >= 15 is 0 Å². The van der Waals surface area contributed by atoms with Crippen LogP contribution in [0.2, 0.25) is 0 Å². The highest BCUT2D eigenvalue weighted by Crippen LogP contribution is 2.11. The van der Waals surface area contributed by atoms with E-state index in [2.05, 4.69) is 20.3 Å². The largest absolute Gasteiger partial charge is 0.376 e. The number of rotatable bonds is 5. The van der Waals surface area contributed by atoms with Crippen LogP contribution in [0.15, 0.2) is 23.6 Å². The number of hydrogen-bond donors (Lipinski definition) is 2. The van der Waals surface area contributed by atoms with E-state index in [-0.39, 0.29) is 30.1 Å². The third kappa shape index (κ3) is 6.15. The Balaban J connectivity index is 0.00000180. The molecule has 6 nitrogen and oxygen atoms in total. The summed E-state index contributed by atoms with van der Waals surface area (Å²) in [5.41, 5.74) is 6.70. The minimum atomic E-state index is 0. The van der Waals surface area contributed by atoms with E-state index in [0.29, 0.717) is 19.0 Å². The van der Waals surface area contributed by atoms with Gasteiger partial charge in [-0.2, -0.15) is 0 Å². The molecule has 19 heavy (non-hydrogen) atoms. The van der Waals surface area contributed by atoms with Gasteiger partial charge in [-0.1, -0.05) is 0 Å². The zero-order chi connectivity index (χ0) is 12.6.